The van der Waals surface area contributed by atoms with Crippen molar-refractivity contribution in [3.05, 3.63) is 0 Å². The Morgan fingerprint density at radius 2 is 2.12 bits per heavy atom. The minimum Gasteiger partial charge on any atom is -0.363 e. The number of rotatable bonds is 4. The summed E-state index contributed by atoms with van der Waals surface area (Å²) in [6.45, 7) is 4.38. The first-order valence-corrected chi connectivity index (χ1v) is 4.95. The summed E-state index contributed by atoms with van der Waals surface area (Å²) in [6, 6.07) is 0. The van der Waals surface area contributed by atoms with Gasteiger partial charge in [0, 0.05) is 15.3 Å². The Kier molecular flexibility index (Phi) is 5.79. The second-order valence-corrected chi connectivity index (χ2v) is 3.96. The molecule has 1 nitrogen and oxygen atoms in total. The van der Waals surface area contributed by atoms with Crippen molar-refractivity contribution in [2.24, 2.45) is 0 Å². The van der Waals surface area contributed by atoms with Crippen LogP contribution in [0.2, 0.25) is 0 Å². The first-order chi connectivity index (χ1) is 3.81. The third kappa shape index (κ3) is 4.55. The fourth-order valence-electron chi connectivity index (χ4n) is 0.472. The number of hydrogen-bond acceptors (Lipinski definition) is 1. The van der Waals surface area contributed by atoms with Crippen LogP contribution >= 0.6 is 8.15 Å². The molecule has 0 heterocycles. The molecule has 0 aliphatic carbocycles. The zero-order valence-corrected chi connectivity index (χ0v) is 6.87. The molecule has 0 saturated carbocycles. The van der Waals surface area contributed by atoms with E-state index in [0.717, 1.165) is 0 Å². The summed E-state index contributed by atoms with van der Waals surface area (Å²) < 4.78 is 5.12. The first kappa shape index (κ1) is 8.39. The van der Waals surface area contributed by atoms with Crippen molar-refractivity contribution in [3.63, 3.8) is 0 Å². The number of unbranched alkanes of at least 4 members (excludes halogenated alkanes) is 1. The SMILES string of the molecule is CCCCP(C)OC. The molecule has 0 N–H and O–H groups in total. The first-order valence-electron chi connectivity index (χ1n) is 3.06. The summed E-state index contributed by atoms with van der Waals surface area (Å²) in [5, 5.41) is 0. The molecule has 0 aliphatic heterocycles. The Morgan fingerprint density at radius 3 is 2.50 bits per heavy atom. The topological polar surface area (TPSA) is 9.23 Å². The molecule has 0 fully saturated rings. The van der Waals surface area contributed by atoms with E-state index in [1.54, 1.807) is 7.11 Å². The van der Waals surface area contributed by atoms with E-state index >= 15 is 0 Å². The highest BCUT2D eigenvalue weighted by molar-refractivity contribution is 7.51. The maximum atomic E-state index is 5.12. The molecule has 0 aliphatic rings. The Labute approximate surface area is 53.3 Å². The monoisotopic (exact) mass is 134 g/mol. The molecule has 8 heavy (non-hydrogen) atoms. The summed E-state index contributed by atoms with van der Waals surface area (Å²) in [5.74, 6) is 0. The van der Waals surface area contributed by atoms with Crippen molar-refractivity contribution in [3.8, 4) is 0 Å². The van der Waals surface area contributed by atoms with Crippen LogP contribution in [0.1, 0.15) is 19.8 Å². The lowest BCUT2D eigenvalue weighted by molar-refractivity contribution is 0.463. The predicted octanol–water partition coefficient (Wildman–Crippen LogP) is 2.46. The molecule has 0 saturated heterocycles. The maximum Gasteiger partial charge on any atom is 0.0398 e. The van der Waals surface area contributed by atoms with Gasteiger partial charge in [0.15, 0.2) is 0 Å². The van der Waals surface area contributed by atoms with Gasteiger partial charge in [-0.2, -0.15) is 0 Å². The largest absolute Gasteiger partial charge is 0.363 e. The van der Waals surface area contributed by atoms with Gasteiger partial charge in [-0.3, -0.25) is 0 Å². The van der Waals surface area contributed by atoms with Crippen molar-refractivity contribution in [2.45, 2.75) is 19.8 Å². The van der Waals surface area contributed by atoms with Crippen LogP contribution < -0.4 is 0 Å². The number of hydrogen-bond donors (Lipinski definition) is 0. The molecule has 0 rings (SSSR count). The maximum absolute atomic E-state index is 5.12. The van der Waals surface area contributed by atoms with E-state index in [1.165, 1.54) is 19.0 Å². The molecule has 1 atom stereocenters. The lowest BCUT2D eigenvalue weighted by Crippen LogP contribution is -1.82. The predicted molar refractivity (Wildman–Crippen MR) is 39.6 cm³/mol. The fourth-order valence-corrected chi connectivity index (χ4v) is 1.42. The Morgan fingerprint density at radius 1 is 1.50 bits per heavy atom. The molecule has 2 heteroatoms. The second-order valence-electron chi connectivity index (χ2n) is 1.89. The van der Waals surface area contributed by atoms with E-state index in [2.05, 4.69) is 13.6 Å². The van der Waals surface area contributed by atoms with Crippen molar-refractivity contribution in [2.75, 3.05) is 19.9 Å². The van der Waals surface area contributed by atoms with Gasteiger partial charge in [-0.05, 0) is 19.2 Å². The van der Waals surface area contributed by atoms with E-state index in [4.69, 9.17) is 4.52 Å². The summed E-state index contributed by atoms with van der Waals surface area (Å²) in [5.41, 5.74) is 0. The van der Waals surface area contributed by atoms with Gasteiger partial charge < -0.3 is 4.52 Å². The van der Waals surface area contributed by atoms with Crippen LogP contribution in [0.15, 0.2) is 0 Å². The summed E-state index contributed by atoms with van der Waals surface area (Å²) >= 11 is 0. The quantitative estimate of drug-likeness (QED) is 0.536. The van der Waals surface area contributed by atoms with Gasteiger partial charge >= 0.3 is 0 Å². The van der Waals surface area contributed by atoms with Crippen LogP contribution in [0.4, 0.5) is 0 Å². The molecule has 50 valence electrons. The molecule has 0 spiro atoms. The van der Waals surface area contributed by atoms with E-state index in [1.807, 2.05) is 0 Å². The van der Waals surface area contributed by atoms with Crippen molar-refractivity contribution < 1.29 is 4.52 Å². The highest BCUT2D eigenvalue weighted by Crippen LogP contribution is 2.31. The van der Waals surface area contributed by atoms with Crippen LogP contribution in [0.5, 0.6) is 0 Å². The second kappa shape index (κ2) is 5.53. The van der Waals surface area contributed by atoms with E-state index in [0.29, 0.717) is 0 Å². The van der Waals surface area contributed by atoms with Gasteiger partial charge in [-0.15, -0.1) is 0 Å². The van der Waals surface area contributed by atoms with Crippen molar-refractivity contribution in [1.29, 1.82) is 0 Å². The zero-order chi connectivity index (χ0) is 6.41. The molecule has 0 aromatic carbocycles. The fraction of sp³-hybridized carbons (Fsp3) is 1.00. The Bertz CT molecular complexity index is 47.8. The normalized spacial score (nSPS) is 13.9. The summed E-state index contributed by atoms with van der Waals surface area (Å²) in [6.07, 6.45) is 3.87. The lowest BCUT2D eigenvalue weighted by atomic mass is 10.4. The molecule has 0 radical (unpaired) electrons. The van der Waals surface area contributed by atoms with E-state index in [-0.39, 0.29) is 8.15 Å². The van der Waals surface area contributed by atoms with E-state index in [9.17, 15) is 0 Å². The molecule has 0 amide bonds. The standard InChI is InChI=1S/C6H15OP/c1-4-5-6-8(3)7-2/h4-6H2,1-3H3. The van der Waals surface area contributed by atoms with Crippen LogP contribution in [0.25, 0.3) is 0 Å². The van der Waals surface area contributed by atoms with Crippen molar-refractivity contribution in [1.82, 2.24) is 0 Å². The van der Waals surface area contributed by atoms with Crippen LogP contribution in [-0.2, 0) is 4.52 Å². The van der Waals surface area contributed by atoms with Gasteiger partial charge in [0.25, 0.3) is 0 Å². The molecule has 0 aromatic rings. The molecular formula is C6H15OP. The van der Waals surface area contributed by atoms with Gasteiger partial charge in [0.2, 0.25) is 0 Å². The molecular weight excluding hydrogens is 119 g/mol. The minimum atomic E-state index is -0.0842. The molecule has 1 unspecified atom stereocenters. The average Bonchev–Trinajstić information content (AvgIpc) is 1.83. The Balaban J connectivity index is 2.86. The lowest BCUT2D eigenvalue weighted by Gasteiger charge is -2.06. The highest BCUT2D eigenvalue weighted by Gasteiger charge is 1.94. The Hall–Kier alpha value is 0.390. The molecule has 0 bridgehead atoms. The smallest absolute Gasteiger partial charge is 0.0398 e. The molecule has 0 aromatic heterocycles. The highest BCUT2D eigenvalue weighted by atomic mass is 31.1. The van der Waals surface area contributed by atoms with E-state index < -0.39 is 0 Å². The van der Waals surface area contributed by atoms with Crippen LogP contribution in [0, 0.1) is 0 Å². The van der Waals surface area contributed by atoms with Gasteiger partial charge in [-0.25, -0.2) is 0 Å². The summed E-state index contributed by atoms with van der Waals surface area (Å²) in [7, 11) is 1.71. The summed E-state index contributed by atoms with van der Waals surface area (Å²) in [4.78, 5) is 0. The van der Waals surface area contributed by atoms with Gasteiger partial charge in [-0.1, -0.05) is 13.3 Å². The average molecular weight is 134 g/mol. The van der Waals surface area contributed by atoms with Gasteiger partial charge in [0.1, 0.15) is 0 Å². The third-order valence-corrected chi connectivity index (χ3v) is 2.71. The third-order valence-electron chi connectivity index (χ3n) is 1.14. The zero-order valence-electron chi connectivity index (χ0n) is 5.98. The van der Waals surface area contributed by atoms with Crippen molar-refractivity contribution >= 4 is 8.15 Å². The van der Waals surface area contributed by atoms with Crippen LogP contribution in [0.3, 0.4) is 0 Å². The van der Waals surface area contributed by atoms with Gasteiger partial charge in [0.05, 0.1) is 0 Å². The van der Waals surface area contributed by atoms with Crippen LogP contribution in [-0.4, -0.2) is 19.9 Å². The minimum absolute atomic E-state index is 0.0842.